The molecule has 2 N–H and O–H groups in total. The zero-order chi connectivity index (χ0) is 12.7. The molecule has 0 rings (SSSR count). The summed E-state index contributed by atoms with van der Waals surface area (Å²) in [5, 5.41) is 11.5. The molecule has 1 unspecified atom stereocenters. The summed E-state index contributed by atoms with van der Waals surface area (Å²) in [7, 11) is 1.51. The zero-order valence-electron chi connectivity index (χ0n) is 10.3. The van der Waals surface area contributed by atoms with Crippen LogP contribution in [-0.4, -0.2) is 36.7 Å². The van der Waals surface area contributed by atoms with Crippen molar-refractivity contribution >= 4 is 11.9 Å². The molecule has 0 aliphatic heterocycles. The van der Waals surface area contributed by atoms with Gasteiger partial charge in [-0.15, -0.1) is 0 Å². The van der Waals surface area contributed by atoms with Gasteiger partial charge >= 0.3 is 5.97 Å². The molecule has 16 heavy (non-hydrogen) atoms. The molecule has 0 aliphatic carbocycles. The van der Waals surface area contributed by atoms with E-state index in [0.717, 1.165) is 0 Å². The second-order valence-electron chi connectivity index (χ2n) is 4.39. The van der Waals surface area contributed by atoms with Crippen molar-refractivity contribution in [2.45, 2.75) is 33.2 Å². The van der Waals surface area contributed by atoms with Crippen LogP contribution in [0.15, 0.2) is 0 Å². The van der Waals surface area contributed by atoms with Crippen molar-refractivity contribution in [1.29, 1.82) is 0 Å². The maximum Gasteiger partial charge on any atom is 0.326 e. The van der Waals surface area contributed by atoms with Crippen molar-refractivity contribution in [3.63, 3.8) is 0 Å². The molecule has 0 aromatic carbocycles. The number of amides is 1. The van der Waals surface area contributed by atoms with Crippen molar-refractivity contribution in [3.8, 4) is 0 Å². The third kappa shape index (κ3) is 5.70. The summed E-state index contributed by atoms with van der Waals surface area (Å²) in [6, 6.07) is -0.813. The van der Waals surface area contributed by atoms with Crippen LogP contribution in [0.5, 0.6) is 0 Å². The van der Waals surface area contributed by atoms with Gasteiger partial charge in [0.2, 0.25) is 5.91 Å². The van der Waals surface area contributed by atoms with Crippen LogP contribution in [0.3, 0.4) is 0 Å². The average Bonchev–Trinajstić information content (AvgIpc) is 2.16. The normalized spacial score (nSPS) is 14.6. The Hall–Kier alpha value is -1.10. The van der Waals surface area contributed by atoms with Gasteiger partial charge in [-0.2, -0.15) is 0 Å². The van der Waals surface area contributed by atoms with Gasteiger partial charge in [-0.05, 0) is 12.3 Å². The lowest BCUT2D eigenvalue weighted by atomic mass is 10.0. The van der Waals surface area contributed by atoms with Gasteiger partial charge in [-0.3, -0.25) is 4.79 Å². The first-order valence-corrected chi connectivity index (χ1v) is 5.40. The summed E-state index contributed by atoms with van der Waals surface area (Å²) < 4.78 is 4.84. The molecule has 0 heterocycles. The van der Waals surface area contributed by atoms with Gasteiger partial charge in [0.25, 0.3) is 0 Å². The highest BCUT2D eigenvalue weighted by Gasteiger charge is 2.23. The molecule has 5 nitrogen and oxygen atoms in total. The van der Waals surface area contributed by atoms with E-state index in [4.69, 9.17) is 9.84 Å². The fourth-order valence-corrected chi connectivity index (χ4v) is 1.33. The van der Waals surface area contributed by atoms with E-state index in [0.29, 0.717) is 13.0 Å². The van der Waals surface area contributed by atoms with Gasteiger partial charge in [-0.1, -0.05) is 20.8 Å². The van der Waals surface area contributed by atoms with Crippen LogP contribution in [0, 0.1) is 11.8 Å². The molecule has 0 saturated heterocycles. The number of carboxylic acid groups (broad SMARTS) is 1. The monoisotopic (exact) mass is 231 g/mol. The van der Waals surface area contributed by atoms with Gasteiger partial charge < -0.3 is 15.2 Å². The van der Waals surface area contributed by atoms with Crippen LogP contribution < -0.4 is 5.32 Å². The fourth-order valence-electron chi connectivity index (χ4n) is 1.33. The molecule has 0 bridgehead atoms. The third-order valence-electron chi connectivity index (χ3n) is 2.19. The number of ether oxygens (including phenoxy) is 1. The summed E-state index contributed by atoms with van der Waals surface area (Å²) in [6.07, 6.45) is 0.431. The highest BCUT2D eigenvalue weighted by atomic mass is 16.5. The van der Waals surface area contributed by atoms with E-state index in [2.05, 4.69) is 5.32 Å². The predicted octanol–water partition coefficient (Wildman–Crippen LogP) is 0.884. The molecule has 2 atom stereocenters. The molecule has 5 heteroatoms. The lowest BCUT2D eigenvalue weighted by molar-refractivity contribution is -0.143. The fraction of sp³-hybridized carbons (Fsp3) is 0.818. The minimum Gasteiger partial charge on any atom is -0.480 e. The second kappa shape index (κ2) is 7.22. The molecule has 0 spiro atoms. The lowest BCUT2D eigenvalue weighted by Crippen LogP contribution is -2.44. The second-order valence-corrected chi connectivity index (χ2v) is 4.39. The van der Waals surface area contributed by atoms with Crippen LogP contribution in [0.4, 0.5) is 0 Å². The SMILES string of the molecule is COCC(C)C(=O)N[C@H](CC(C)C)C(=O)O. The molecule has 0 aliphatic rings. The molecule has 1 amide bonds. The minimum absolute atomic E-state index is 0.221. The molecular weight excluding hydrogens is 210 g/mol. The third-order valence-corrected chi connectivity index (χ3v) is 2.19. The quantitative estimate of drug-likeness (QED) is 0.682. The number of hydrogen-bond acceptors (Lipinski definition) is 3. The molecular formula is C11H21NO4. The number of hydrogen-bond donors (Lipinski definition) is 2. The van der Waals surface area contributed by atoms with E-state index in [1.54, 1.807) is 6.92 Å². The Labute approximate surface area is 96.2 Å². The standard InChI is InChI=1S/C11H21NO4/c1-7(2)5-9(11(14)15)12-10(13)8(3)6-16-4/h7-9H,5-6H2,1-4H3,(H,12,13)(H,14,15)/t8?,9-/m1/s1. The zero-order valence-corrected chi connectivity index (χ0v) is 10.3. The molecule has 0 aromatic heterocycles. The Bertz CT molecular complexity index is 240. The summed E-state index contributed by atoms with van der Waals surface area (Å²) in [6.45, 7) is 5.83. The van der Waals surface area contributed by atoms with E-state index in [-0.39, 0.29) is 17.7 Å². The predicted molar refractivity (Wildman–Crippen MR) is 60.1 cm³/mol. The number of carbonyl (C=O) groups is 2. The molecule has 0 radical (unpaired) electrons. The summed E-state index contributed by atoms with van der Waals surface area (Å²) in [4.78, 5) is 22.5. The van der Waals surface area contributed by atoms with Gasteiger partial charge in [0.05, 0.1) is 12.5 Å². The maximum atomic E-state index is 11.6. The highest BCUT2D eigenvalue weighted by Crippen LogP contribution is 2.06. The van der Waals surface area contributed by atoms with Gasteiger partial charge in [-0.25, -0.2) is 4.79 Å². The smallest absolute Gasteiger partial charge is 0.326 e. The van der Waals surface area contributed by atoms with Crippen LogP contribution >= 0.6 is 0 Å². The van der Waals surface area contributed by atoms with Crippen molar-refractivity contribution in [3.05, 3.63) is 0 Å². The first kappa shape index (κ1) is 14.9. The molecule has 0 fully saturated rings. The number of nitrogens with one attached hydrogen (secondary N) is 1. The average molecular weight is 231 g/mol. The van der Waals surface area contributed by atoms with E-state index < -0.39 is 12.0 Å². The van der Waals surface area contributed by atoms with Gasteiger partial charge in [0, 0.05) is 7.11 Å². The minimum atomic E-state index is -0.994. The summed E-state index contributed by atoms with van der Waals surface area (Å²) >= 11 is 0. The Morgan fingerprint density at radius 2 is 1.88 bits per heavy atom. The van der Waals surface area contributed by atoms with Crippen LogP contribution in [0.2, 0.25) is 0 Å². The van der Waals surface area contributed by atoms with Crippen LogP contribution in [0.25, 0.3) is 0 Å². The number of methoxy groups -OCH3 is 1. The molecule has 0 saturated carbocycles. The van der Waals surface area contributed by atoms with Crippen LogP contribution in [0.1, 0.15) is 27.2 Å². The van der Waals surface area contributed by atoms with E-state index in [1.807, 2.05) is 13.8 Å². The number of rotatable bonds is 7. The Balaban J connectivity index is 4.28. The lowest BCUT2D eigenvalue weighted by Gasteiger charge is -2.18. The van der Waals surface area contributed by atoms with Crippen molar-refractivity contribution in [2.75, 3.05) is 13.7 Å². The molecule has 0 aromatic rings. The number of carbonyl (C=O) groups excluding carboxylic acids is 1. The van der Waals surface area contributed by atoms with Gasteiger partial charge in [0.15, 0.2) is 0 Å². The number of aliphatic carboxylic acids is 1. The van der Waals surface area contributed by atoms with Gasteiger partial charge in [0.1, 0.15) is 6.04 Å². The Kier molecular flexibility index (Phi) is 6.72. The van der Waals surface area contributed by atoms with E-state index in [1.165, 1.54) is 7.11 Å². The van der Waals surface area contributed by atoms with E-state index >= 15 is 0 Å². The summed E-state index contributed by atoms with van der Waals surface area (Å²) in [5.74, 6) is -1.39. The Morgan fingerprint density at radius 1 is 1.31 bits per heavy atom. The molecule has 94 valence electrons. The maximum absolute atomic E-state index is 11.6. The first-order chi connectivity index (χ1) is 7.38. The highest BCUT2D eigenvalue weighted by molar-refractivity contribution is 5.84. The van der Waals surface area contributed by atoms with Crippen molar-refractivity contribution in [2.24, 2.45) is 11.8 Å². The number of carboxylic acids is 1. The van der Waals surface area contributed by atoms with Crippen molar-refractivity contribution in [1.82, 2.24) is 5.32 Å². The topological polar surface area (TPSA) is 75.6 Å². The van der Waals surface area contributed by atoms with E-state index in [9.17, 15) is 9.59 Å². The Morgan fingerprint density at radius 3 is 2.25 bits per heavy atom. The first-order valence-electron chi connectivity index (χ1n) is 5.40. The summed E-state index contributed by atoms with van der Waals surface area (Å²) in [5.41, 5.74) is 0. The largest absolute Gasteiger partial charge is 0.480 e. The van der Waals surface area contributed by atoms with Crippen molar-refractivity contribution < 1.29 is 19.4 Å². The van der Waals surface area contributed by atoms with Crippen LogP contribution in [-0.2, 0) is 14.3 Å².